The summed E-state index contributed by atoms with van der Waals surface area (Å²) in [6.07, 6.45) is 4.67. The van der Waals surface area contributed by atoms with E-state index in [0.717, 1.165) is 31.1 Å². The van der Waals surface area contributed by atoms with Crippen LogP contribution in [0.1, 0.15) is 31.2 Å². The van der Waals surface area contributed by atoms with E-state index in [1.807, 2.05) is 6.07 Å². The van der Waals surface area contributed by atoms with Crippen LogP contribution < -0.4 is 15.8 Å². The normalized spacial score (nSPS) is 20.6. The fraction of sp³-hybridized carbons (Fsp3) is 0.533. The molecule has 2 atom stereocenters. The predicted octanol–water partition coefficient (Wildman–Crippen LogP) is 1.61. The highest BCUT2D eigenvalue weighted by Gasteiger charge is 2.25. The molecule has 0 saturated heterocycles. The Bertz CT molecular complexity index is 637. The molecule has 2 rings (SSSR count). The monoisotopic (exact) mass is 361 g/mol. The van der Waals surface area contributed by atoms with Crippen molar-refractivity contribution < 1.29 is 13.2 Å². The molecule has 8 heteroatoms. The lowest BCUT2D eigenvalue weighted by molar-refractivity contribution is -0.122. The zero-order valence-electron chi connectivity index (χ0n) is 13.1. The molecule has 1 saturated carbocycles. The molecule has 1 fully saturated rings. The van der Waals surface area contributed by atoms with Crippen molar-refractivity contribution in [3.63, 3.8) is 0 Å². The first kappa shape index (κ1) is 19.7. The molecule has 1 amide bonds. The Morgan fingerprint density at radius 3 is 2.70 bits per heavy atom. The first-order chi connectivity index (χ1) is 10.3. The summed E-state index contributed by atoms with van der Waals surface area (Å²) in [5.74, 6) is 0.266. The molecular formula is C15H24ClN3O3S. The molecule has 4 N–H and O–H groups in total. The topological polar surface area (TPSA) is 101 Å². The number of carbonyl (C=O) groups excluding carboxylic acids is 1. The standard InChI is InChI=1S/C15H23N3O3S.ClH/c1-22(20,21)18-13-6-2-4-11(8-13)10-17-15(19)9-12-5-3-7-14(12)16;/h2,4,6,8,12,14,18H,3,5,7,9-10,16H2,1H3,(H,17,19);1H/t12-,14+;/m0./s1. The molecule has 0 heterocycles. The summed E-state index contributed by atoms with van der Waals surface area (Å²) in [4.78, 5) is 12.0. The van der Waals surface area contributed by atoms with Crippen LogP contribution in [-0.4, -0.2) is 26.6 Å². The Kier molecular flexibility index (Phi) is 7.31. The van der Waals surface area contributed by atoms with Gasteiger partial charge in [-0.05, 0) is 36.5 Å². The maximum atomic E-state index is 12.0. The van der Waals surface area contributed by atoms with Gasteiger partial charge >= 0.3 is 0 Å². The molecule has 130 valence electrons. The van der Waals surface area contributed by atoms with Crippen LogP contribution in [-0.2, 0) is 21.4 Å². The molecular weight excluding hydrogens is 338 g/mol. The molecule has 1 aliphatic rings. The predicted molar refractivity (Wildman–Crippen MR) is 93.9 cm³/mol. The van der Waals surface area contributed by atoms with Crippen LogP contribution in [0.15, 0.2) is 24.3 Å². The molecule has 1 aromatic rings. The van der Waals surface area contributed by atoms with Crippen molar-refractivity contribution in [1.29, 1.82) is 0 Å². The first-order valence-corrected chi connectivity index (χ1v) is 9.31. The molecule has 0 bridgehead atoms. The average Bonchev–Trinajstić information content (AvgIpc) is 2.80. The molecule has 1 aromatic carbocycles. The Balaban J connectivity index is 0.00000264. The summed E-state index contributed by atoms with van der Waals surface area (Å²) in [5, 5.41) is 2.86. The SMILES string of the molecule is CS(=O)(=O)Nc1cccc(CNC(=O)C[C@@H]2CCC[C@H]2N)c1.Cl. The van der Waals surface area contributed by atoms with E-state index < -0.39 is 10.0 Å². The maximum Gasteiger partial charge on any atom is 0.229 e. The summed E-state index contributed by atoms with van der Waals surface area (Å²) in [6.45, 7) is 0.375. The van der Waals surface area contributed by atoms with E-state index in [4.69, 9.17) is 5.73 Å². The van der Waals surface area contributed by atoms with Gasteiger partial charge in [0.25, 0.3) is 0 Å². The van der Waals surface area contributed by atoms with Gasteiger partial charge in [-0.3, -0.25) is 9.52 Å². The van der Waals surface area contributed by atoms with Gasteiger partial charge in [0.2, 0.25) is 15.9 Å². The van der Waals surface area contributed by atoms with Gasteiger partial charge in [-0.15, -0.1) is 12.4 Å². The number of anilines is 1. The number of hydrogen-bond acceptors (Lipinski definition) is 4. The van der Waals surface area contributed by atoms with E-state index >= 15 is 0 Å². The van der Waals surface area contributed by atoms with Gasteiger partial charge in [0.05, 0.1) is 6.26 Å². The van der Waals surface area contributed by atoms with E-state index in [1.165, 1.54) is 0 Å². The molecule has 1 aliphatic carbocycles. The third kappa shape index (κ3) is 6.76. The number of carbonyl (C=O) groups is 1. The highest BCUT2D eigenvalue weighted by Crippen LogP contribution is 2.26. The van der Waals surface area contributed by atoms with E-state index in [-0.39, 0.29) is 30.3 Å². The minimum Gasteiger partial charge on any atom is -0.352 e. The van der Waals surface area contributed by atoms with Crippen LogP contribution in [0.3, 0.4) is 0 Å². The highest BCUT2D eigenvalue weighted by atomic mass is 35.5. The number of amides is 1. The van der Waals surface area contributed by atoms with Crippen molar-refractivity contribution in [3.05, 3.63) is 29.8 Å². The molecule has 23 heavy (non-hydrogen) atoms. The number of rotatable bonds is 6. The highest BCUT2D eigenvalue weighted by molar-refractivity contribution is 7.92. The smallest absolute Gasteiger partial charge is 0.229 e. The Hall–Kier alpha value is -1.31. The van der Waals surface area contributed by atoms with E-state index in [1.54, 1.807) is 18.2 Å². The van der Waals surface area contributed by atoms with Gasteiger partial charge in [-0.2, -0.15) is 0 Å². The van der Waals surface area contributed by atoms with Crippen molar-refractivity contribution in [2.75, 3.05) is 11.0 Å². The van der Waals surface area contributed by atoms with Gasteiger partial charge in [-0.25, -0.2) is 8.42 Å². The number of hydrogen-bond donors (Lipinski definition) is 3. The Morgan fingerprint density at radius 1 is 1.35 bits per heavy atom. The van der Waals surface area contributed by atoms with Crippen molar-refractivity contribution in [1.82, 2.24) is 5.32 Å². The van der Waals surface area contributed by atoms with Crippen molar-refractivity contribution >= 4 is 34.0 Å². The molecule has 0 aliphatic heterocycles. The van der Waals surface area contributed by atoms with Gasteiger partial charge in [0.1, 0.15) is 0 Å². The number of benzene rings is 1. The van der Waals surface area contributed by atoms with Crippen LogP contribution in [0.2, 0.25) is 0 Å². The summed E-state index contributed by atoms with van der Waals surface area (Å²) in [5.41, 5.74) is 7.31. The fourth-order valence-electron chi connectivity index (χ4n) is 2.79. The van der Waals surface area contributed by atoms with Crippen molar-refractivity contribution in [2.24, 2.45) is 11.7 Å². The van der Waals surface area contributed by atoms with E-state index in [0.29, 0.717) is 18.7 Å². The Morgan fingerprint density at radius 2 is 2.09 bits per heavy atom. The van der Waals surface area contributed by atoms with Gasteiger partial charge in [-0.1, -0.05) is 18.6 Å². The number of nitrogens with two attached hydrogens (primary N) is 1. The number of sulfonamides is 1. The van der Waals surface area contributed by atoms with Gasteiger partial charge < -0.3 is 11.1 Å². The second kappa shape index (κ2) is 8.52. The van der Waals surface area contributed by atoms with Crippen molar-refractivity contribution in [3.8, 4) is 0 Å². The van der Waals surface area contributed by atoms with E-state index in [9.17, 15) is 13.2 Å². The first-order valence-electron chi connectivity index (χ1n) is 7.42. The lowest BCUT2D eigenvalue weighted by Crippen LogP contribution is -2.31. The third-order valence-corrected chi connectivity index (χ3v) is 4.49. The van der Waals surface area contributed by atoms with Crippen LogP contribution in [0.25, 0.3) is 0 Å². The average molecular weight is 362 g/mol. The van der Waals surface area contributed by atoms with Crippen LogP contribution in [0, 0.1) is 5.92 Å². The molecule has 6 nitrogen and oxygen atoms in total. The van der Waals surface area contributed by atoms with Crippen molar-refractivity contribution in [2.45, 2.75) is 38.3 Å². The second-order valence-electron chi connectivity index (χ2n) is 5.91. The zero-order valence-corrected chi connectivity index (χ0v) is 14.8. The minimum absolute atomic E-state index is 0. The number of halogens is 1. The molecule has 0 unspecified atom stereocenters. The second-order valence-corrected chi connectivity index (χ2v) is 7.66. The summed E-state index contributed by atoms with van der Waals surface area (Å²) in [7, 11) is -3.30. The lowest BCUT2D eigenvalue weighted by Gasteiger charge is -2.15. The number of nitrogens with one attached hydrogen (secondary N) is 2. The van der Waals surface area contributed by atoms with E-state index in [2.05, 4.69) is 10.0 Å². The largest absolute Gasteiger partial charge is 0.352 e. The van der Waals surface area contributed by atoms with Gasteiger partial charge in [0, 0.05) is 24.7 Å². The lowest BCUT2D eigenvalue weighted by atomic mass is 10.00. The summed E-state index contributed by atoms with van der Waals surface area (Å²) >= 11 is 0. The van der Waals surface area contributed by atoms with Crippen LogP contribution >= 0.6 is 12.4 Å². The zero-order chi connectivity index (χ0) is 16.2. The quantitative estimate of drug-likeness (QED) is 0.716. The van der Waals surface area contributed by atoms with Crippen LogP contribution in [0.4, 0.5) is 5.69 Å². The third-order valence-electron chi connectivity index (χ3n) is 3.89. The molecule has 0 radical (unpaired) electrons. The maximum absolute atomic E-state index is 12.0. The summed E-state index contributed by atoms with van der Waals surface area (Å²) < 4.78 is 24.8. The fourth-order valence-corrected chi connectivity index (χ4v) is 3.34. The molecule has 0 aromatic heterocycles. The Labute approximate surface area is 143 Å². The summed E-state index contributed by atoms with van der Waals surface area (Å²) in [6, 6.07) is 7.11. The van der Waals surface area contributed by atoms with Gasteiger partial charge in [0.15, 0.2) is 0 Å². The minimum atomic E-state index is -3.30. The molecule has 0 spiro atoms. The van der Waals surface area contributed by atoms with Crippen LogP contribution in [0.5, 0.6) is 0 Å².